The van der Waals surface area contributed by atoms with Crippen LogP contribution in [0.1, 0.15) is 55.1 Å². The third kappa shape index (κ3) is 4.00. The molecule has 0 N–H and O–H groups in total. The molecule has 2 aromatic rings. The standard InChI is InChI=1S/C17H23N3O/c1-3-4-5-6-7-11-20-17(16(13-21)18-19-20)15-10-8-9-14(2)12-15/h8-10,12-13H,3-7,11H2,1-2H3. The zero-order valence-electron chi connectivity index (χ0n) is 12.9. The number of hydrogen-bond donors (Lipinski definition) is 0. The first kappa shape index (κ1) is 15.4. The van der Waals surface area contributed by atoms with Crippen molar-refractivity contribution in [2.24, 2.45) is 0 Å². The number of aldehydes is 1. The van der Waals surface area contributed by atoms with Gasteiger partial charge in [0.05, 0.1) is 5.69 Å². The minimum Gasteiger partial charge on any atom is -0.296 e. The van der Waals surface area contributed by atoms with E-state index in [1.165, 1.54) is 31.2 Å². The molecule has 2 rings (SSSR count). The molecule has 112 valence electrons. The molecule has 0 aliphatic rings. The number of unbranched alkanes of at least 4 members (excludes halogenated alkanes) is 4. The summed E-state index contributed by atoms with van der Waals surface area (Å²) in [6.07, 6.45) is 6.83. The van der Waals surface area contributed by atoms with E-state index in [0.29, 0.717) is 5.69 Å². The Morgan fingerprint density at radius 2 is 2.00 bits per heavy atom. The Balaban J connectivity index is 2.15. The lowest BCUT2D eigenvalue weighted by Crippen LogP contribution is -2.03. The van der Waals surface area contributed by atoms with Gasteiger partial charge in [-0.2, -0.15) is 0 Å². The SMILES string of the molecule is CCCCCCCn1nnc(C=O)c1-c1cccc(C)c1. The number of aryl methyl sites for hydroxylation is 2. The van der Waals surface area contributed by atoms with E-state index in [4.69, 9.17) is 0 Å². The van der Waals surface area contributed by atoms with Gasteiger partial charge < -0.3 is 0 Å². The molecule has 0 spiro atoms. The Morgan fingerprint density at radius 1 is 1.19 bits per heavy atom. The number of hydrogen-bond acceptors (Lipinski definition) is 3. The fourth-order valence-electron chi connectivity index (χ4n) is 2.52. The first-order valence-corrected chi connectivity index (χ1v) is 7.72. The summed E-state index contributed by atoms with van der Waals surface area (Å²) in [7, 11) is 0. The Labute approximate surface area is 126 Å². The average molecular weight is 285 g/mol. The van der Waals surface area contributed by atoms with Gasteiger partial charge in [0, 0.05) is 12.1 Å². The summed E-state index contributed by atoms with van der Waals surface area (Å²) >= 11 is 0. The molecule has 0 atom stereocenters. The summed E-state index contributed by atoms with van der Waals surface area (Å²) in [5.74, 6) is 0. The fraction of sp³-hybridized carbons (Fsp3) is 0.471. The smallest absolute Gasteiger partial charge is 0.172 e. The minimum atomic E-state index is 0.425. The molecule has 0 bridgehead atoms. The molecule has 0 saturated heterocycles. The first-order chi connectivity index (χ1) is 10.3. The van der Waals surface area contributed by atoms with Crippen molar-refractivity contribution in [3.8, 4) is 11.3 Å². The average Bonchev–Trinajstić information content (AvgIpc) is 2.90. The molecular formula is C17H23N3O. The van der Waals surface area contributed by atoms with Gasteiger partial charge in [0.25, 0.3) is 0 Å². The molecule has 4 nitrogen and oxygen atoms in total. The predicted octanol–water partition coefficient (Wildman–Crippen LogP) is 4.04. The maximum absolute atomic E-state index is 11.2. The molecule has 1 aromatic carbocycles. The largest absolute Gasteiger partial charge is 0.296 e. The minimum absolute atomic E-state index is 0.425. The van der Waals surface area contributed by atoms with Crippen molar-refractivity contribution >= 4 is 6.29 Å². The molecule has 0 saturated carbocycles. The molecule has 1 aromatic heterocycles. The van der Waals surface area contributed by atoms with Crippen molar-refractivity contribution in [1.82, 2.24) is 15.0 Å². The number of benzene rings is 1. The third-order valence-corrected chi connectivity index (χ3v) is 3.64. The summed E-state index contributed by atoms with van der Waals surface area (Å²) in [6, 6.07) is 8.12. The van der Waals surface area contributed by atoms with E-state index in [9.17, 15) is 4.79 Å². The van der Waals surface area contributed by atoms with Gasteiger partial charge in [-0.25, -0.2) is 4.68 Å². The van der Waals surface area contributed by atoms with Crippen LogP contribution < -0.4 is 0 Å². The Morgan fingerprint density at radius 3 is 2.71 bits per heavy atom. The van der Waals surface area contributed by atoms with E-state index in [0.717, 1.165) is 30.5 Å². The van der Waals surface area contributed by atoms with Crippen LogP contribution in [0.3, 0.4) is 0 Å². The van der Waals surface area contributed by atoms with Crippen LogP contribution in [0.4, 0.5) is 0 Å². The summed E-state index contributed by atoms with van der Waals surface area (Å²) in [5, 5.41) is 8.15. The molecule has 4 heteroatoms. The molecule has 1 heterocycles. The Bertz CT molecular complexity index is 589. The van der Waals surface area contributed by atoms with Crippen molar-refractivity contribution in [3.63, 3.8) is 0 Å². The zero-order chi connectivity index (χ0) is 15.1. The second-order valence-corrected chi connectivity index (χ2v) is 5.45. The van der Waals surface area contributed by atoms with Crippen LogP contribution in [-0.2, 0) is 6.54 Å². The zero-order valence-corrected chi connectivity index (χ0v) is 12.9. The topological polar surface area (TPSA) is 47.8 Å². The van der Waals surface area contributed by atoms with Crippen LogP contribution in [-0.4, -0.2) is 21.3 Å². The summed E-state index contributed by atoms with van der Waals surface area (Å²) in [4.78, 5) is 11.2. The monoisotopic (exact) mass is 285 g/mol. The van der Waals surface area contributed by atoms with E-state index in [2.05, 4.69) is 23.3 Å². The van der Waals surface area contributed by atoms with Gasteiger partial charge in [0.15, 0.2) is 12.0 Å². The summed E-state index contributed by atoms with van der Waals surface area (Å²) < 4.78 is 1.87. The highest BCUT2D eigenvalue weighted by molar-refractivity contribution is 5.83. The van der Waals surface area contributed by atoms with Gasteiger partial charge >= 0.3 is 0 Å². The first-order valence-electron chi connectivity index (χ1n) is 7.72. The van der Waals surface area contributed by atoms with E-state index in [1.54, 1.807) is 0 Å². The molecule has 0 amide bonds. The predicted molar refractivity (Wildman–Crippen MR) is 84.3 cm³/mol. The quantitative estimate of drug-likeness (QED) is 0.543. The molecular weight excluding hydrogens is 262 g/mol. The number of aromatic nitrogens is 3. The highest BCUT2D eigenvalue weighted by Gasteiger charge is 2.14. The molecule has 0 aliphatic carbocycles. The second-order valence-electron chi connectivity index (χ2n) is 5.45. The number of carbonyl (C=O) groups is 1. The Kier molecular flexibility index (Phi) is 5.67. The van der Waals surface area contributed by atoms with Gasteiger partial charge in [0.1, 0.15) is 0 Å². The van der Waals surface area contributed by atoms with E-state index in [1.807, 2.05) is 29.8 Å². The maximum Gasteiger partial charge on any atom is 0.172 e. The number of carbonyl (C=O) groups excluding carboxylic acids is 1. The van der Waals surface area contributed by atoms with Crippen molar-refractivity contribution in [1.29, 1.82) is 0 Å². The number of rotatable bonds is 8. The summed E-state index contributed by atoms with van der Waals surface area (Å²) in [5.41, 5.74) is 3.44. The lowest BCUT2D eigenvalue weighted by Gasteiger charge is -2.07. The highest BCUT2D eigenvalue weighted by Crippen LogP contribution is 2.22. The maximum atomic E-state index is 11.2. The fourth-order valence-corrected chi connectivity index (χ4v) is 2.52. The van der Waals surface area contributed by atoms with Crippen molar-refractivity contribution < 1.29 is 4.79 Å². The van der Waals surface area contributed by atoms with Crippen molar-refractivity contribution in [2.45, 2.75) is 52.5 Å². The lowest BCUT2D eigenvalue weighted by atomic mass is 10.1. The van der Waals surface area contributed by atoms with Crippen LogP contribution in [0.5, 0.6) is 0 Å². The molecule has 21 heavy (non-hydrogen) atoms. The molecule has 0 aliphatic heterocycles. The van der Waals surface area contributed by atoms with Gasteiger partial charge in [-0.15, -0.1) is 5.10 Å². The van der Waals surface area contributed by atoms with Crippen molar-refractivity contribution in [2.75, 3.05) is 0 Å². The number of nitrogens with zero attached hydrogens (tertiary/aromatic N) is 3. The normalized spacial score (nSPS) is 10.8. The molecule has 0 radical (unpaired) electrons. The van der Waals surface area contributed by atoms with Gasteiger partial charge in [-0.3, -0.25) is 4.79 Å². The van der Waals surface area contributed by atoms with Gasteiger partial charge in [-0.05, 0) is 19.4 Å². The lowest BCUT2D eigenvalue weighted by molar-refractivity contribution is 0.111. The van der Waals surface area contributed by atoms with Crippen LogP contribution in [0, 0.1) is 6.92 Å². The molecule has 0 unspecified atom stereocenters. The van der Waals surface area contributed by atoms with Gasteiger partial charge in [0.2, 0.25) is 0 Å². The second kappa shape index (κ2) is 7.72. The van der Waals surface area contributed by atoms with Crippen LogP contribution >= 0.6 is 0 Å². The van der Waals surface area contributed by atoms with E-state index in [-0.39, 0.29) is 0 Å². The summed E-state index contributed by atoms with van der Waals surface area (Å²) in [6.45, 7) is 5.07. The van der Waals surface area contributed by atoms with Crippen molar-refractivity contribution in [3.05, 3.63) is 35.5 Å². The third-order valence-electron chi connectivity index (χ3n) is 3.64. The van der Waals surface area contributed by atoms with Crippen LogP contribution in [0.25, 0.3) is 11.3 Å². The van der Waals surface area contributed by atoms with Crippen LogP contribution in [0.2, 0.25) is 0 Å². The van der Waals surface area contributed by atoms with Gasteiger partial charge in [-0.1, -0.05) is 61.6 Å². The van der Waals surface area contributed by atoms with E-state index < -0.39 is 0 Å². The van der Waals surface area contributed by atoms with E-state index >= 15 is 0 Å². The van der Waals surface area contributed by atoms with Crippen LogP contribution in [0.15, 0.2) is 24.3 Å². The Hall–Kier alpha value is -1.97. The highest BCUT2D eigenvalue weighted by atomic mass is 16.1. The molecule has 0 fully saturated rings.